The van der Waals surface area contributed by atoms with Crippen molar-refractivity contribution in [2.24, 2.45) is 5.73 Å². The number of likely N-dealkylation sites (tertiary alicyclic amines) is 1. The first-order valence-corrected chi connectivity index (χ1v) is 8.11. The van der Waals surface area contributed by atoms with Crippen molar-refractivity contribution < 1.29 is 22.7 Å². The van der Waals surface area contributed by atoms with Crippen molar-refractivity contribution in [2.45, 2.75) is 30.2 Å². The summed E-state index contributed by atoms with van der Waals surface area (Å²) in [6, 6.07) is 0. The number of carbonyl (C=O) groups is 1. The largest absolute Gasteiger partial charge is 0.411 e. The van der Waals surface area contributed by atoms with Crippen molar-refractivity contribution in [3.8, 4) is 0 Å². The topological polar surface area (TPSA) is 55.6 Å². The van der Waals surface area contributed by atoms with Crippen molar-refractivity contribution in [2.75, 3.05) is 32.6 Å². The molecule has 0 unspecified atom stereocenters. The Kier molecular flexibility index (Phi) is 6.73. The van der Waals surface area contributed by atoms with E-state index in [2.05, 4.69) is 4.74 Å². The van der Waals surface area contributed by atoms with Gasteiger partial charge in [0.1, 0.15) is 6.61 Å². The maximum Gasteiger partial charge on any atom is 0.411 e. The number of ether oxygens (including phenoxy) is 1. The number of rotatable bonds is 6. The van der Waals surface area contributed by atoms with Gasteiger partial charge < -0.3 is 15.4 Å². The predicted octanol–water partition coefficient (Wildman–Crippen LogP) is 1.97. The molecule has 1 aliphatic rings. The molecule has 1 saturated heterocycles. The first kappa shape index (κ1) is 18.5. The fraction of sp³-hybridized carbons (Fsp3) is 0.833. The van der Waals surface area contributed by atoms with Crippen LogP contribution in [0.15, 0.2) is 0 Å². The summed E-state index contributed by atoms with van der Waals surface area (Å²) in [5, 5.41) is 0. The Morgan fingerprint density at radius 1 is 1.43 bits per heavy atom. The standard InChI is InChI=1S/C12H19F3N2O2S2/c1-21-11(10(16)20)3-5-17(6-4-11)9(18)2-7-19-8-12(13,14)15/h2-8H2,1H3,(H2,16,20). The summed E-state index contributed by atoms with van der Waals surface area (Å²) in [5.41, 5.74) is 5.75. The second-order valence-electron chi connectivity index (χ2n) is 4.86. The third-order valence-electron chi connectivity index (χ3n) is 3.49. The fourth-order valence-corrected chi connectivity index (χ4v) is 3.42. The van der Waals surface area contributed by atoms with Gasteiger partial charge in [-0.25, -0.2) is 0 Å². The van der Waals surface area contributed by atoms with Crippen LogP contribution in [0, 0.1) is 0 Å². The van der Waals surface area contributed by atoms with Gasteiger partial charge in [0.25, 0.3) is 0 Å². The molecule has 4 nitrogen and oxygen atoms in total. The van der Waals surface area contributed by atoms with Crippen LogP contribution in [-0.2, 0) is 9.53 Å². The highest BCUT2D eigenvalue weighted by Crippen LogP contribution is 2.35. The summed E-state index contributed by atoms with van der Waals surface area (Å²) in [5.74, 6) is -0.199. The second kappa shape index (κ2) is 7.64. The van der Waals surface area contributed by atoms with E-state index in [9.17, 15) is 18.0 Å². The molecule has 1 fully saturated rings. The third kappa shape index (κ3) is 5.63. The molecule has 1 aliphatic heterocycles. The maximum atomic E-state index is 11.9. The molecule has 9 heteroatoms. The quantitative estimate of drug-likeness (QED) is 0.590. The van der Waals surface area contributed by atoms with E-state index < -0.39 is 12.8 Å². The van der Waals surface area contributed by atoms with Gasteiger partial charge in [0.05, 0.1) is 22.8 Å². The van der Waals surface area contributed by atoms with E-state index in [4.69, 9.17) is 18.0 Å². The Morgan fingerprint density at radius 2 is 2.00 bits per heavy atom. The number of nitrogens with zero attached hydrogens (tertiary/aromatic N) is 1. The molecule has 0 atom stereocenters. The molecule has 0 spiro atoms. The van der Waals surface area contributed by atoms with Gasteiger partial charge in [-0.05, 0) is 19.1 Å². The van der Waals surface area contributed by atoms with Crippen LogP contribution in [0.4, 0.5) is 13.2 Å². The Bertz CT molecular complexity index is 383. The van der Waals surface area contributed by atoms with Gasteiger partial charge in [0, 0.05) is 13.1 Å². The first-order valence-electron chi connectivity index (χ1n) is 6.47. The van der Waals surface area contributed by atoms with Gasteiger partial charge >= 0.3 is 6.18 Å². The Balaban J connectivity index is 2.34. The number of hydrogen-bond acceptors (Lipinski definition) is 4. The van der Waals surface area contributed by atoms with Gasteiger partial charge in [-0.1, -0.05) is 12.2 Å². The summed E-state index contributed by atoms with van der Waals surface area (Å²) in [6.45, 7) is -0.526. The normalized spacial score (nSPS) is 18.6. The molecular weight excluding hydrogens is 325 g/mol. The van der Waals surface area contributed by atoms with E-state index in [1.807, 2.05) is 6.26 Å². The molecule has 0 saturated carbocycles. The van der Waals surface area contributed by atoms with Gasteiger partial charge in [-0.15, -0.1) is 0 Å². The first-order chi connectivity index (χ1) is 9.70. The number of halogens is 3. The van der Waals surface area contributed by atoms with Crippen LogP contribution < -0.4 is 5.73 Å². The van der Waals surface area contributed by atoms with Crippen molar-refractivity contribution in [1.29, 1.82) is 0 Å². The van der Waals surface area contributed by atoms with E-state index in [0.717, 1.165) is 0 Å². The molecule has 0 aromatic rings. The number of piperidine rings is 1. The van der Waals surface area contributed by atoms with Crippen LogP contribution in [0.2, 0.25) is 0 Å². The molecule has 0 radical (unpaired) electrons. The monoisotopic (exact) mass is 344 g/mol. The van der Waals surface area contributed by atoms with Crippen LogP contribution in [0.5, 0.6) is 0 Å². The Hall–Kier alpha value is -0.540. The molecule has 0 bridgehead atoms. The van der Waals surface area contributed by atoms with E-state index in [-0.39, 0.29) is 23.7 Å². The lowest BCUT2D eigenvalue weighted by Gasteiger charge is -2.40. The highest BCUT2D eigenvalue weighted by atomic mass is 32.2. The Labute approximate surface area is 131 Å². The smallest absolute Gasteiger partial charge is 0.392 e. The van der Waals surface area contributed by atoms with Crippen molar-refractivity contribution >= 4 is 34.9 Å². The molecule has 0 aromatic heterocycles. The molecule has 1 rings (SSSR count). The molecule has 122 valence electrons. The zero-order chi connectivity index (χ0) is 16.1. The van der Waals surface area contributed by atoms with E-state index in [1.54, 1.807) is 16.7 Å². The average Bonchev–Trinajstić information content (AvgIpc) is 2.42. The number of nitrogens with two attached hydrogens (primary N) is 1. The van der Waals surface area contributed by atoms with Crippen molar-refractivity contribution in [3.63, 3.8) is 0 Å². The lowest BCUT2D eigenvalue weighted by atomic mass is 9.95. The maximum absolute atomic E-state index is 11.9. The van der Waals surface area contributed by atoms with Crippen molar-refractivity contribution in [1.82, 2.24) is 4.90 Å². The molecule has 0 aromatic carbocycles. The summed E-state index contributed by atoms with van der Waals surface area (Å²) in [7, 11) is 0. The lowest BCUT2D eigenvalue weighted by molar-refractivity contribution is -0.175. The van der Waals surface area contributed by atoms with Crippen LogP contribution in [0.25, 0.3) is 0 Å². The highest BCUT2D eigenvalue weighted by molar-refractivity contribution is 8.02. The number of alkyl halides is 3. The summed E-state index contributed by atoms with van der Waals surface area (Å²) in [4.78, 5) is 14.0. The molecule has 2 N–H and O–H groups in total. The summed E-state index contributed by atoms with van der Waals surface area (Å²) < 4.78 is 39.8. The zero-order valence-corrected chi connectivity index (χ0v) is 13.4. The van der Waals surface area contributed by atoms with Crippen LogP contribution in [-0.4, -0.2) is 59.3 Å². The minimum absolute atomic E-state index is 0.0462. The van der Waals surface area contributed by atoms with E-state index in [0.29, 0.717) is 30.9 Å². The molecular formula is C12H19F3N2O2S2. The van der Waals surface area contributed by atoms with Crippen LogP contribution >= 0.6 is 24.0 Å². The number of thiocarbonyl (C=S) groups is 1. The lowest BCUT2D eigenvalue weighted by Crippen LogP contribution is -2.50. The number of hydrogen-bond donors (Lipinski definition) is 1. The summed E-state index contributed by atoms with van der Waals surface area (Å²) in [6.07, 6.45) is -1.14. The number of thioether (sulfide) groups is 1. The second-order valence-corrected chi connectivity index (χ2v) is 6.49. The summed E-state index contributed by atoms with van der Waals surface area (Å²) >= 11 is 6.66. The molecule has 1 amide bonds. The fourth-order valence-electron chi connectivity index (χ4n) is 2.17. The van der Waals surface area contributed by atoms with Gasteiger partial charge in [0.2, 0.25) is 5.91 Å². The number of carbonyl (C=O) groups excluding carboxylic acids is 1. The van der Waals surface area contributed by atoms with E-state index >= 15 is 0 Å². The van der Waals surface area contributed by atoms with E-state index in [1.165, 1.54) is 0 Å². The predicted molar refractivity (Wildman–Crippen MR) is 80.3 cm³/mol. The highest BCUT2D eigenvalue weighted by Gasteiger charge is 2.37. The average molecular weight is 344 g/mol. The molecule has 0 aliphatic carbocycles. The minimum Gasteiger partial charge on any atom is -0.392 e. The molecule has 21 heavy (non-hydrogen) atoms. The van der Waals surface area contributed by atoms with Crippen molar-refractivity contribution in [3.05, 3.63) is 0 Å². The van der Waals surface area contributed by atoms with Gasteiger partial charge in [-0.2, -0.15) is 24.9 Å². The van der Waals surface area contributed by atoms with Gasteiger partial charge in [-0.3, -0.25) is 4.79 Å². The SMILES string of the molecule is CSC1(C(N)=S)CCN(C(=O)CCOCC(F)(F)F)CC1. The number of amides is 1. The Morgan fingerprint density at radius 3 is 2.43 bits per heavy atom. The van der Waals surface area contributed by atoms with Gasteiger partial charge in [0.15, 0.2) is 0 Å². The minimum atomic E-state index is -4.36. The molecule has 1 heterocycles. The third-order valence-corrected chi connectivity index (χ3v) is 5.42. The zero-order valence-electron chi connectivity index (χ0n) is 11.7. The van der Waals surface area contributed by atoms with Crippen LogP contribution in [0.3, 0.4) is 0 Å². The van der Waals surface area contributed by atoms with Crippen LogP contribution in [0.1, 0.15) is 19.3 Å².